The maximum absolute atomic E-state index is 13.4. The summed E-state index contributed by atoms with van der Waals surface area (Å²) in [7, 11) is 0. The van der Waals surface area contributed by atoms with Gasteiger partial charge in [-0.15, -0.1) is 0 Å². The standard InChI is InChI=1S/C10H15FO2/c1-10(13)7-5-3-2-4-6(7)8(12)9(10)11/h6-7,9,13H,2-5H2,1H3. The molecule has 0 aliphatic heterocycles. The summed E-state index contributed by atoms with van der Waals surface area (Å²) < 4.78 is 13.4. The molecule has 0 spiro atoms. The number of fused-ring (bicyclic) bond motifs is 1. The summed E-state index contributed by atoms with van der Waals surface area (Å²) in [6.45, 7) is 1.46. The molecule has 74 valence electrons. The predicted octanol–water partition coefficient (Wildman–Crippen LogP) is 1.46. The molecule has 0 aromatic carbocycles. The summed E-state index contributed by atoms with van der Waals surface area (Å²) in [5.41, 5.74) is -1.40. The Hall–Kier alpha value is -0.440. The fourth-order valence-corrected chi connectivity index (χ4v) is 2.83. The fourth-order valence-electron chi connectivity index (χ4n) is 2.83. The highest BCUT2D eigenvalue weighted by Crippen LogP contribution is 2.47. The lowest BCUT2D eigenvalue weighted by molar-refractivity contribution is -0.127. The van der Waals surface area contributed by atoms with Crippen LogP contribution in [0.1, 0.15) is 32.6 Å². The number of carbonyl (C=O) groups excluding carboxylic acids is 1. The van der Waals surface area contributed by atoms with E-state index in [1.165, 1.54) is 6.92 Å². The van der Waals surface area contributed by atoms with Gasteiger partial charge >= 0.3 is 0 Å². The number of hydrogen-bond acceptors (Lipinski definition) is 2. The molecule has 1 N–H and O–H groups in total. The van der Waals surface area contributed by atoms with Crippen molar-refractivity contribution in [2.75, 3.05) is 0 Å². The van der Waals surface area contributed by atoms with Crippen LogP contribution in [0.5, 0.6) is 0 Å². The van der Waals surface area contributed by atoms with Crippen LogP contribution in [-0.2, 0) is 4.79 Å². The molecule has 2 aliphatic carbocycles. The molecule has 0 aromatic rings. The van der Waals surface area contributed by atoms with Crippen LogP contribution in [0.25, 0.3) is 0 Å². The summed E-state index contributed by atoms with van der Waals surface area (Å²) in [6.07, 6.45) is 1.91. The minimum Gasteiger partial charge on any atom is -0.386 e. The molecule has 0 aromatic heterocycles. The van der Waals surface area contributed by atoms with E-state index in [1.54, 1.807) is 0 Å². The third kappa shape index (κ3) is 1.13. The predicted molar refractivity (Wildman–Crippen MR) is 46.0 cm³/mol. The summed E-state index contributed by atoms with van der Waals surface area (Å²) >= 11 is 0. The zero-order valence-electron chi connectivity index (χ0n) is 7.79. The summed E-state index contributed by atoms with van der Waals surface area (Å²) in [4.78, 5) is 11.4. The molecule has 0 heterocycles. The summed E-state index contributed by atoms with van der Waals surface area (Å²) in [5.74, 6) is -0.711. The molecule has 2 fully saturated rings. The van der Waals surface area contributed by atoms with Crippen LogP contribution in [0.3, 0.4) is 0 Å². The molecule has 2 saturated carbocycles. The Morgan fingerprint density at radius 3 is 2.69 bits per heavy atom. The first-order valence-electron chi connectivity index (χ1n) is 4.95. The highest BCUT2D eigenvalue weighted by molar-refractivity contribution is 5.89. The number of rotatable bonds is 0. The fraction of sp³-hybridized carbons (Fsp3) is 0.900. The molecule has 3 heteroatoms. The van der Waals surface area contributed by atoms with Gasteiger partial charge in [-0.1, -0.05) is 12.8 Å². The van der Waals surface area contributed by atoms with E-state index in [9.17, 15) is 14.3 Å². The Kier molecular flexibility index (Phi) is 1.95. The first-order valence-corrected chi connectivity index (χ1v) is 4.95. The van der Waals surface area contributed by atoms with Crippen molar-refractivity contribution in [3.8, 4) is 0 Å². The molecule has 2 aliphatic rings. The van der Waals surface area contributed by atoms with Crippen molar-refractivity contribution in [3.63, 3.8) is 0 Å². The summed E-state index contributed by atoms with van der Waals surface area (Å²) in [6, 6.07) is 0. The summed E-state index contributed by atoms with van der Waals surface area (Å²) in [5, 5.41) is 9.83. The van der Waals surface area contributed by atoms with E-state index in [2.05, 4.69) is 0 Å². The quantitative estimate of drug-likeness (QED) is 0.622. The average Bonchev–Trinajstić information content (AvgIpc) is 2.30. The van der Waals surface area contributed by atoms with Crippen LogP contribution in [0, 0.1) is 11.8 Å². The second kappa shape index (κ2) is 2.77. The zero-order chi connectivity index (χ0) is 9.64. The van der Waals surface area contributed by atoms with E-state index in [1.807, 2.05) is 0 Å². The number of carbonyl (C=O) groups is 1. The van der Waals surface area contributed by atoms with Gasteiger partial charge in [-0.3, -0.25) is 4.79 Å². The van der Waals surface area contributed by atoms with Gasteiger partial charge in [-0.2, -0.15) is 0 Å². The minimum atomic E-state index is -1.65. The van der Waals surface area contributed by atoms with Gasteiger partial charge in [0.2, 0.25) is 0 Å². The van der Waals surface area contributed by atoms with Gasteiger partial charge in [0.1, 0.15) is 5.60 Å². The second-order valence-corrected chi connectivity index (χ2v) is 4.49. The zero-order valence-corrected chi connectivity index (χ0v) is 7.79. The molecule has 4 atom stereocenters. The van der Waals surface area contributed by atoms with Gasteiger partial charge in [-0.25, -0.2) is 4.39 Å². The van der Waals surface area contributed by atoms with Crippen molar-refractivity contribution < 1.29 is 14.3 Å². The monoisotopic (exact) mass is 186 g/mol. The van der Waals surface area contributed by atoms with E-state index in [0.29, 0.717) is 0 Å². The second-order valence-electron chi connectivity index (χ2n) is 4.49. The van der Waals surface area contributed by atoms with Crippen LogP contribution in [0.15, 0.2) is 0 Å². The number of hydrogen-bond donors (Lipinski definition) is 1. The molecule has 13 heavy (non-hydrogen) atoms. The lowest BCUT2D eigenvalue weighted by atomic mass is 9.76. The third-order valence-corrected chi connectivity index (χ3v) is 3.65. The van der Waals surface area contributed by atoms with E-state index in [4.69, 9.17) is 0 Å². The Morgan fingerprint density at radius 1 is 1.46 bits per heavy atom. The van der Waals surface area contributed by atoms with Gasteiger partial charge in [0, 0.05) is 11.8 Å². The molecule has 2 nitrogen and oxygen atoms in total. The molecule has 0 amide bonds. The maximum atomic E-state index is 13.4. The van der Waals surface area contributed by atoms with Gasteiger partial charge in [-0.05, 0) is 19.8 Å². The minimum absolute atomic E-state index is 0.135. The molecule has 0 bridgehead atoms. The molecule has 2 rings (SSSR count). The molecule has 0 saturated heterocycles. The normalized spacial score (nSPS) is 50.7. The Labute approximate surface area is 77.1 Å². The number of aliphatic hydroxyl groups is 1. The largest absolute Gasteiger partial charge is 0.386 e. The SMILES string of the molecule is CC1(O)C(F)C(=O)C2CCCCC21. The number of ketones is 1. The van der Waals surface area contributed by atoms with Crippen molar-refractivity contribution in [1.29, 1.82) is 0 Å². The van der Waals surface area contributed by atoms with Gasteiger partial charge in [0.25, 0.3) is 0 Å². The van der Waals surface area contributed by atoms with Crippen molar-refractivity contribution in [3.05, 3.63) is 0 Å². The van der Waals surface area contributed by atoms with E-state index in [0.717, 1.165) is 25.7 Å². The Bertz CT molecular complexity index is 237. The average molecular weight is 186 g/mol. The van der Waals surface area contributed by atoms with Gasteiger partial charge < -0.3 is 5.11 Å². The lowest BCUT2D eigenvalue weighted by Crippen LogP contribution is -2.39. The number of alkyl halides is 1. The van der Waals surface area contributed by atoms with Crippen molar-refractivity contribution >= 4 is 5.78 Å². The third-order valence-electron chi connectivity index (χ3n) is 3.65. The van der Waals surface area contributed by atoms with Crippen LogP contribution in [0.2, 0.25) is 0 Å². The van der Waals surface area contributed by atoms with Crippen LogP contribution >= 0.6 is 0 Å². The van der Waals surface area contributed by atoms with Crippen molar-refractivity contribution in [1.82, 2.24) is 0 Å². The van der Waals surface area contributed by atoms with E-state index in [-0.39, 0.29) is 17.6 Å². The van der Waals surface area contributed by atoms with Crippen LogP contribution in [0.4, 0.5) is 4.39 Å². The van der Waals surface area contributed by atoms with Crippen molar-refractivity contribution in [2.24, 2.45) is 11.8 Å². The van der Waals surface area contributed by atoms with Crippen molar-refractivity contribution in [2.45, 2.75) is 44.4 Å². The number of Topliss-reactive ketones (excluding diaryl/α,β-unsaturated/α-hetero) is 1. The molecule has 4 unspecified atom stereocenters. The van der Waals surface area contributed by atoms with Crippen LogP contribution in [-0.4, -0.2) is 22.7 Å². The Balaban J connectivity index is 2.29. The maximum Gasteiger partial charge on any atom is 0.187 e. The first kappa shape index (κ1) is 9.13. The Morgan fingerprint density at radius 2 is 2.08 bits per heavy atom. The smallest absolute Gasteiger partial charge is 0.187 e. The highest BCUT2D eigenvalue weighted by atomic mass is 19.1. The molecular weight excluding hydrogens is 171 g/mol. The number of halogens is 1. The lowest BCUT2D eigenvalue weighted by Gasteiger charge is -2.31. The van der Waals surface area contributed by atoms with E-state index >= 15 is 0 Å². The van der Waals surface area contributed by atoms with E-state index < -0.39 is 11.8 Å². The van der Waals surface area contributed by atoms with Gasteiger partial charge in [0.05, 0.1) is 0 Å². The van der Waals surface area contributed by atoms with Gasteiger partial charge in [0.15, 0.2) is 12.0 Å². The first-order chi connectivity index (χ1) is 6.05. The molecule has 0 radical (unpaired) electrons. The topological polar surface area (TPSA) is 37.3 Å². The molecular formula is C10H15FO2. The highest BCUT2D eigenvalue weighted by Gasteiger charge is 2.57. The van der Waals surface area contributed by atoms with Crippen LogP contribution < -0.4 is 0 Å².